The Hall–Kier alpha value is -1.65. The number of ether oxygens (including phenoxy) is 1. The van der Waals surface area contributed by atoms with Crippen LogP contribution < -0.4 is 10.5 Å². The highest BCUT2D eigenvalue weighted by atomic mass is 35.5. The quantitative estimate of drug-likeness (QED) is 0.852. The molecule has 2 rings (SSSR count). The van der Waals surface area contributed by atoms with Crippen LogP contribution in [0.25, 0.3) is 0 Å². The Labute approximate surface area is 133 Å². The van der Waals surface area contributed by atoms with E-state index in [-0.39, 0.29) is 5.02 Å². The Morgan fingerprint density at radius 2 is 1.86 bits per heavy atom. The maximum Gasteiger partial charge on any atom is 0.141 e. The van der Waals surface area contributed by atoms with Crippen molar-refractivity contribution < 1.29 is 9.13 Å². The highest BCUT2D eigenvalue weighted by Crippen LogP contribution is 2.26. The van der Waals surface area contributed by atoms with Gasteiger partial charge in [0.15, 0.2) is 0 Å². The molecule has 0 unspecified atom stereocenters. The van der Waals surface area contributed by atoms with Gasteiger partial charge in [-0.15, -0.1) is 0 Å². The lowest BCUT2D eigenvalue weighted by molar-refractivity contribution is 0.302. The normalized spacial score (nSPS) is 10.5. The number of hydrogen-bond acceptors (Lipinski definition) is 2. The molecular formula is C16H15ClFNOS. The summed E-state index contributed by atoms with van der Waals surface area (Å²) in [7, 11) is 0. The summed E-state index contributed by atoms with van der Waals surface area (Å²) in [5, 5.41) is 0.0911. The lowest BCUT2D eigenvalue weighted by Gasteiger charge is -2.14. The third kappa shape index (κ3) is 3.71. The van der Waals surface area contributed by atoms with Gasteiger partial charge in [-0.3, -0.25) is 0 Å². The average Bonchev–Trinajstić information content (AvgIpc) is 2.41. The van der Waals surface area contributed by atoms with Crippen molar-refractivity contribution in [2.75, 3.05) is 0 Å². The zero-order valence-corrected chi connectivity index (χ0v) is 13.3. The molecule has 0 aliphatic carbocycles. The van der Waals surface area contributed by atoms with Gasteiger partial charge in [0.25, 0.3) is 0 Å². The zero-order chi connectivity index (χ0) is 15.6. The predicted molar refractivity (Wildman–Crippen MR) is 87.5 cm³/mol. The highest BCUT2D eigenvalue weighted by Gasteiger charge is 2.09. The molecule has 5 heteroatoms. The fraction of sp³-hybridized carbons (Fsp3) is 0.188. The molecule has 0 bridgehead atoms. The van der Waals surface area contributed by atoms with Crippen molar-refractivity contribution in [2.45, 2.75) is 20.5 Å². The number of halogens is 2. The molecule has 0 aliphatic rings. The molecule has 0 aliphatic heterocycles. The van der Waals surface area contributed by atoms with E-state index in [1.807, 2.05) is 26.0 Å². The lowest BCUT2D eigenvalue weighted by atomic mass is 10.1. The van der Waals surface area contributed by atoms with Crippen molar-refractivity contribution in [3.05, 3.63) is 63.4 Å². The molecule has 2 aromatic rings. The van der Waals surface area contributed by atoms with Gasteiger partial charge < -0.3 is 10.5 Å². The SMILES string of the molecule is Cc1cc(C(N)=S)cc(C)c1OCc1ccc(F)c(Cl)c1. The summed E-state index contributed by atoms with van der Waals surface area (Å²) >= 11 is 10.7. The van der Waals surface area contributed by atoms with Crippen molar-refractivity contribution >= 4 is 28.8 Å². The molecule has 110 valence electrons. The second kappa shape index (κ2) is 6.41. The van der Waals surface area contributed by atoms with Crippen molar-refractivity contribution in [1.82, 2.24) is 0 Å². The Morgan fingerprint density at radius 1 is 1.24 bits per heavy atom. The third-order valence-corrected chi connectivity index (χ3v) is 3.64. The van der Waals surface area contributed by atoms with Gasteiger partial charge in [-0.25, -0.2) is 4.39 Å². The van der Waals surface area contributed by atoms with Crippen LogP contribution in [-0.2, 0) is 6.61 Å². The van der Waals surface area contributed by atoms with Crippen molar-refractivity contribution in [1.29, 1.82) is 0 Å². The largest absolute Gasteiger partial charge is 0.488 e. The molecule has 0 saturated heterocycles. The van der Waals surface area contributed by atoms with Gasteiger partial charge in [0.2, 0.25) is 0 Å². The monoisotopic (exact) mass is 323 g/mol. The Balaban J connectivity index is 2.20. The minimum absolute atomic E-state index is 0.0911. The minimum atomic E-state index is -0.436. The molecule has 0 radical (unpaired) electrons. The molecule has 0 atom stereocenters. The molecule has 2 aromatic carbocycles. The molecule has 0 spiro atoms. The fourth-order valence-corrected chi connectivity index (χ4v) is 2.43. The van der Waals surface area contributed by atoms with Crippen molar-refractivity contribution in [3.63, 3.8) is 0 Å². The van der Waals surface area contributed by atoms with Gasteiger partial charge in [-0.1, -0.05) is 29.9 Å². The summed E-state index contributed by atoms with van der Waals surface area (Å²) in [6, 6.07) is 8.32. The molecule has 0 saturated carbocycles. The Bertz CT molecular complexity index is 680. The minimum Gasteiger partial charge on any atom is -0.488 e. The number of rotatable bonds is 4. The van der Waals surface area contributed by atoms with Crippen LogP contribution in [0.4, 0.5) is 4.39 Å². The van der Waals surface area contributed by atoms with Gasteiger partial charge in [-0.05, 0) is 54.8 Å². The summed E-state index contributed by atoms with van der Waals surface area (Å²) < 4.78 is 18.9. The summed E-state index contributed by atoms with van der Waals surface area (Å²) in [4.78, 5) is 0.359. The number of benzene rings is 2. The Kier molecular flexibility index (Phi) is 4.80. The predicted octanol–water partition coefficient (Wildman–Crippen LogP) is 4.31. The maximum atomic E-state index is 13.1. The molecule has 21 heavy (non-hydrogen) atoms. The van der Waals surface area contributed by atoms with Crippen LogP contribution in [0.15, 0.2) is 30.3 Å². The van der Waals surface area contributed by atoms with Crippen LogP contribution in [-0.4, -0.2) is 4.99 Å². The molecule has 0 heterocycles. The fourth-order valence-electron chi connectivity index (χ4n) is 2.11. The van der Waals surface area contributed by atoms with Crippen molar-refractivity contribution in [2.24, 2.45) is 5.73 Å². The van der Waals surface area contributed by atoms with Gasteiger partial charge in [-0.2, -0.15) is 0 Å². The summed E-state index contributed by atoms with van der Waals surface area (Å²) in [5.41, 5.74) is 9.16. The summed E-state index contributed by atoms with van der Waals surface area (Å²) in [5.74, 6) is 0.337. The van der Waals surface area contributed by atoms with E-state index in [1.54, 1.807) is 12.1 Å². The highest BCUT2D eigenvalue weighted by molar-refractivity contribution is 7.80. The number of hydrogen-bond donors (Lipinski definition) is 1. The second-order valence-electron chi connectivity index (χ2n) is 4.84. The van der Waals surface area contributed by atoms with E-state index in [4.69, 9.17) is 34.3 Å². The van der Waals surface area contributed by atoms with E-state index in [1.165, 1.54) is 6.07 Å². The van der Waals surface area contributed by atoms with E-state index in [0.717, 1.165) is 28.0 Å². The number of nitrogens with two attached hydrogens (primary N) is 1. The molecular weight excluding hydrogens is 309 g/mol. The average molecular weight is 324 g/mol. The Morgan fingerprint density at radius 3 is 2.38 bits per heavy atom. The van der Waals surface area contributed by atoms with Gasteiger partial charge in [0.1, 0.15) is 23.2 Å². The van der Waals surface area contributed by atoms with E-state index < -0.39 is 5.82 Å². The molecule has 0 fully saturated rings. The van der Waals surface area contributed by atoms with E-state index in [9.17, 15) is 4.39 Å². The molecule has 0 aromatic heterocycles. The lowest BCUT2D eigenvalue weighted by Crippen LogP contribution is -2.10. The van der Waals surface area contributed by atoms with Crippen LogP contribution in [0, 0.1) is 19.7 Å². The first-order valence-corrected chi connectivity index (χ1v) is 7.15. The van der Waals surface area contributed by atoms with E-state index in [2.05, 4.69) is 0 Å². The number of thiocarbonyl (C=S) groups is 1. The van der Waals surface area contributed by atoms with Gasteiger partial charge in [0.05, 0.1) is 5.02 Å². The number of aryl methyl sites for hydroxylation is 2. The third-order valence-electron chi connectivity index (χ3n) is 3.11. The van der Waals surface area contributed by atoms with Crippen LogP contribution in [0.1, 0.15) is 22.3 Å². The maximum absolute atomic E-state index is 13.1. The first kappa shape index (κ1) is 15.7. The second-order valence-corrected chi connectivity index (χ2v) is 5.69. The summed E-state index contributed by atoms with van der Waals surface area (Å²) in [6.45, 7) is 4.18. The molecule has 2 N–H and O–H groups in total. The van der Waals surface area contributed by atoms with Crippen LogP contribution in [0.2, 0.25) is 5.02 Å². The smallest absolute Gasteiger partial charge is 0.141 e. The molecule has 0 amide bonds. The van der Waals surface area contributed by atoms with Gasteiger partial charge >= 0.3 is 0 Å². The zero-order valence-electron chi connectivity index (χ0n) is 11.7. The van der Waals surface area contributed by atoms with Crippen LogP contribution in [0.5, 0.6) is 5.75 Å². The standard InChI is InChI=1S/C16H15ClFNOS/c1-9-5-12(16(19)21)6-10(2)15(9)20-8-11-3-4-14(18)13(17)7-11/h3-7H,8H2,1-2H3,(H2,19,21). The first-order chi connectivity index (χ1) is 9.88. The molecule has 2 nitrogen and oxygen atoms in total. The first-order valence-electron chi connectivity index (χ1n) is 6.36. The summed E-state index contributed by atoms with van der Waals surface area (Å²) in [6.07, 6.45) is 0. The van der Waals surface area contributed by atoms with Gasteiger partial charge in [0, 0.05) is 5.56 Å². The van der Waals surface area contributed by atoms with E-state index >= 15 is 0 Å². The van der Waals surface area contributed by atoms with E-state index in [0.29, 0.717) is 11.6 Å². The van der Waals surface area contributed by atoms with Crippen LogP contribution >= 0.6 is 23.8 Å². The van der Waals surface area contributed by atoms with Crippen LogP contribution in [0.3, 0.4) is 0 Å². The topological polar surface area (TPSA) is 35.2 Å². The van der Waals surface area contributed by atoms with Crippen molar-refractivity contribution in [3.8, 4) is 5.75 Å².